The van der Waals surface area contributed by atoms with Crippen molar-refractivity contribution in [1.82, 2.24) is 18.8 Å². The Bertz CT molecular complexity index is 2110. The number of aryl methyl sites for hydroxylation is 1. The van der Waals surface area contributed by atoms with Gasteiger partial charge in [0.05, 0.1) is 42.0 Å². The van der Waals surface area contributed by atoms with Gasteiger partial charge in [0.2, 0.25) is 0 Å². The molecule has 2 aromatic carbocycles. The number of benzene rings is 2. The van der Waals surface area contributed by atoms with Gasteiger partial charge in [-0.2, -0.15) is 12.7 Å². The van der Waals surface area contributed by atoms with Crippen LogP contribution in [0.3, 0.4) is 0 Å². The van der Waals surface area contributed by atoms with Crippen molar-refractivity contribution < 1.29 is 36.3 Å². The largest absolute Gasteiger partial charge is 0.486 e. The maximum atomic E-state index is 16.3. The molecule has 1 N–H and O–H groups in total. The Hall–Kier alpha value is -4.05. The number of hydrogen-bond acceptors (Lipinski definition) is 10. The number of carbonyl (C=O) groups is 2. The number of nitrogens with one attached hydrogen (secondary N) is 1. The number of halogens is 1. The van der Waals surface area contributed by atoms with Crippen LogP contribution in [-0.4, -0.2) is 106 Å². The number of piperazine rings is 1. The zero-order valence-corrected chi connectivity index (χ0v) is 31.0. The molecule has 4 heterocycles. The van der Waals surface area contributed by atoms with Gasteiger partial charge < -0.3 is 23.7 Å². The smallest absolute Gasteiger partial charge is 0.341 e. The van der Waals surface area contributed by atoms with Crippen molar-refractivity contribution in [2.75, 3.05) is 57.9 Å². The summed E-state index contributed by atoms with van der Waals surface area (Å²) in [5.74, 6) is -3.20. The third-order valence-corrected chi connectivity index (χ3v) is 13.0. The molecular weight excluding hydrogens is 706 g/mol. The van der Waals surface area contributed by atoms with E-state index in [4.69, 9.17) is 13.9 Å². The van der Waals surface area contributed by atoms with E-state index < -0.39 is 39.2 Å². The fourth-order valence-corrected chi connectivity index (χ4v) is 9.50. The fourth-order valence-electron chi connectivity index (χ4n) is 8.29. The molecule has 0 unspecified atom stereocenters. The molecule has 1 atom stereocenters. The molecule has 13 nitrogen and oxygen atoms in total. The van der Waals surface area contributed by atoms with Gasteiger partial charge in [-0.05, 0) is 88.1 Å². The van der Waals surface area contributed by atoms with Gasteiger partial charge in [-0.3, -0.25) is 14.5 Å². The normalized spacial score (nSPS) is 21.5. The molecule has 0 radical (unpaired) electrons. The molecule has 15 heteroatoms. The number of ether oxygens (including phenoxy) is 2. The van der Waals surface area contributed by atoms with Crippen LogP contribution in [0.2, 0.25) is 0 Å². The van der Waals surface area contributed by atoms with E-state index in [1.807, 2.05) is 17.7 Å². The van der Waals surface area contributed by atoms with E-state index in [2.05, 4.69) is 15.9 Å². The number of hydrogen-bond donors (Lipinski definition) is 1. The topological polar surface area (TPSA) is 142 Å². The van der Waals surface area contributed by atoms with Crippen molar-refractivity contribution in [3.8, 4) is 5.75 Å². The van der Waals surface area contributed by atoms with E-state index in [1.54, 1.807) is 7.11 Å². The Labute approximate surface area is 308 Å². The van der Waals surface area contributed by atoms with Gasteiger partial charge in [0.15, 0.2) is 11.6 Å². The Morgan fingerprint density at radius 1 is 0.962 bits per heavy atom. The number of fused-ring (bicyclic) bond motifs is 3. The van der Waals surface area contributed by atoms with Crippen LogP contribution < -0.4 is 20.0 Å². The molecule has 1 aromatic heterocycles. The molecule has 2 amide bonds. The van der Waals surface area contributed by atoms with Crippen molar-refractivity contribution >= 4 is 38.7 Å². The first-order valence-electron chi connectivity index (χ1n) is 18.7. The second-order valence-electron chi connectivity index (χ2n) is 15.0. The minimum atomic E-state index is -4.13. The summed E-state index contributed by atoms with van der Waals surface area (Å²) < 4.78 is 62.6. The Kier molecular flexibility index (Phi) is 9.71. The van der Waals surface area contributed by atoms with E-state index in [9.17, 15) is 22.8 Å². The number of anilines is 1. The molecule has 3 aromatic rings. The second kappa shape index (κ2) is 14.3. The first-order valence-corrected chi connectivity index (χ1v) is 20.2. The standard InChI is InChI=1S/C38H46FN5O8S/c1-23-32(41-18-19-44(24-8-9-24)25(20-41)22-50-2)13-12-28-27-14-17-42(21-31(27)38(47)52-34(23)28)37(46)29-10-11-30(35(33(29)39)51-26-6-5-7-26)36(45)40-53(48,49)43-15-3-4-16-43/h10-13,24-26H,3-9,14-22H2,1-2H3,(H,40,45)/t25-/m1/s1. The molecule has 0 spiro atoms. The number of nitrogens with zero attached hydrogens (tertiary/aromatic N) is 4. The average Bonchev–Trinajstić information content (AvgIpc) is 3.81. The highest BCUT2D eigenvalue weighted by atomic mass is 32.2. The number of amides is 2. The first-order chi connectivity index (χ1) is 25.5. The highest BCUT2D eigenvalue weighted by Crippen LogP contribution is 2.37. The van der Waals surface area contributed by atoms with E-state index in [0.29, 0.717) is 55.9 Å². The molecular formula is C38H46FN5O8S. The molecule has 53 heavy (non-hydrogen) atoms. The number of rotatable bonds is 10. The second-order valence-corrected chi connectivity index (χ2v) is 16.6. The van der Waals surface area contributed by atoms with Crippen LogP contribution in [0.1, 0.15) is 82.4 Å². The lowest BCUT2D eigenvalue weighted by Crippen LogP contribution is -2.55. The van der Waals surface area contributed by atoms with E-state index in [-0.39, 0.29) is 49.5 Å². The minimum Gasteiger partial charge on any atom is -0.486 e. The lowest BCUT2D eigenvalue weighted by molar-refractivity contribution is 0.0721. The van der Waals surface area contributed by atoms with Crippen molar-refractivity contribution in [3.63, 3.8) is 0 Å². The van der Waals surface area contributed by atoms with Crippen LogP contribution in [0.25, 0.3) is 11.0 Å². The van der Waals surface area contributed by atoms with Crippen LogP contribution in [0.15, 0.2) is 33.5 Å². The van der Waals surface area contributed by atoms with Crippen molar-refractivity contribution in [3.05, 3.63) is 68.3 Å². The van der Waals surface area contributed by atoms with Crippen molar-refractivity contribution in [2.24, 2.45) is 0 Å². The third kappa shape index (κ3) is 6.81. The minimum absolute atomic E-state index is 0.0797. The van der Waals surface area contributed by atoms with Crippen molar-refractivity contribution in [1.29, 1.82) is 0 Å². The van der Waals surface area contributed by atoms with Crippen LogP contribution in [-0.2, 0) is 27.9 Å². The molecule has 5 aliphatic rings. The first kappa shape index (κ1) is 36.0. The van der Waals surface area contributed by atoms with Gasteiger partial charge in [0.1, 0.15) is 5.58 Å². The lowest BCUT2D eigenvalue weighted by Gasteiger charge is -2.43. The van der Waals surface area contributed by atoms with E-state index in [0.717, 1.165) is 48.3 Å². The van der Waals surface area contributed by atoms with E-state index in [1.165, 1.54) is 34.2 Å². The summed E-state index contributed by atoms with van der Waals surface area (Å²) in [7, 11) is -2.40. The molecule has 2 saturated heterocycles. The Morgan fingerprint density at radius 3 is 2.42 bits per heavy atom. The molecule has 3 aliphatic heterocycles. The Morgan fingerprint density at radius 2 is 1.72 bits per heavy atom. The monoisotopic (exact) mass is 751 g/mol. The Balaban J connectivity index is 1.04. The maximum absolute atomic E-state index is 16.3. The van der Waals surface area contributed by atoms with Gasteiger partial charge in [-0.15, -0.1) is 0 Å². The molecule has 2 saturated carbocycles. The predicted molar refractivity (Wildman–Crippen MR) is 195 cm³/mol. The highest BCUT2D eigenvalue weighted by molar-refractivity contribution is 7.87. The summed E-state index contributed by atoms with van der Waals surface area (Å²) in [5, 5.41) is 0.819. The number of carbonyl (C=O) groups excluding carboxylic acids is 2. The lowest BCUT2D eigenvalue weighted by atomic mass is 9.94. The van der Waals surface area contributed by atoms with Gasteiger partial charge in [0.25, 0.3) is 11.8 Å². The SMILES string of the molecule is COC[C@H]1CN(c2ccc3c4c(c(=O)oc3c2C)CN(C(=O)c2ccc(C(=O)NS(=O)(=O)N3CCCC3)c(OC3CCC3)c2F)CC4)CCN1C1CC1. The van der Waals surface area contributed by atoms with Crippen LogP contribution >= 0.6 is 0 Å². The van der Waals surface area contributed by atoms with E-state index >= 15 is 4.39 Å². The van der Waals surface area contributed by atoms with Gasteiger partial charge in [-0.25, -0.2) is 13.9 Å². The molecule has 2 aliphatic carbocycles. The molecule has 8 rings (SSSR count). The highest BCUT2D eigenvalue weighted by Gasteiger charge is 2.38. The molecule has 284 valence electrons. The average molecular weight is 752 g/mol. The van der Waals surface area contributed by atoms with Crippen LogP contribution in [0, 0.1) is 12.7 Å². The summed E-state index contributed by atoms with van der Waals surface area (Å²) in [5.41, 5.74) is 2.41. The van der Waals surface area contributed by atoms with Gasteiger partial charge in [0, 0.05) is 69.1 Å². The zero-order chi connectivity index (χ0) is 37.0. The molecule has 0 bridgehead atoms. The predicted octanol–water partition coefficient (Wildman–Crippen LogP) is 3.74. The summed E-state index contributed by atoms with van der Waals surface area (Å²) in [4.78, 5) is 47.0. The summed E-state index contributed by atoms with van der Waals surface area (Å²) in [6, 6.07) is 7.40. The van der Waals surface area contributed by atoms with Gasteiger partial charge >= 0.3 is 15.8 Å². The number of methoxy groups -OCH3 is 1. The zero-order valence-electron chi connectivity index (χ0n) is 30.2. The van der Waals surface area contributed by atoms with Crippen LogP contribution in [0.5, 0.6) is 5.75 Å². The maximum Gasteiger partial charge on any atom is 0.341 e. The summed E-state index contributed by atoms with van der Waals surface area (Å²) in [6.45, 7) is 5.97. The quantitative estimate of drug-likeness (QED) is 0.305. The third-order valence-electron chi connectivity index (χ3n) is 11.6. The summed E-state index contributed by atoms with van der Waals surface area (Å²) >= 11 is 0. The van der Waals surface area contributed by atoms with Crippen molar-refractivity contribution in [2.45, 2.75) is 83.0 Å². The fraction of sp³-hybridized carbons (Fsp3) is 0.553. The summed E-state index contributed by atoms with van der Waals surface area (Å²) in [6.07, 6.45) is 5.99. The van der Waals surface area contributed by atoms with Gasteiger partial charge in [-0.1, -0.05) is 0 Å². The molecule has 4 fully saturated rings. The van der Waals surface area contributed by atoms with Crippen LogP contribution in [0.4, 0.5) is 10.1 Å².